The van der Waals surface area contributed by atoms with E-state index in [1.807, 2.05) is 6.92 Å². The Balaban J connectivity index is 1.80. The molecule has 0 unspecified atom stereocenters. The molecule has 10 nitrogen and oxygen atoms in total. The first-order chi connectivity index (χ1) is 15.2. The summed E-state index contributed by atoms with van der Waals surface area (Å²) in [4.78, 5) is 48.4. The molecule has 0 bridgehead atoms. The number of hydrogen-bond acceptors (Lipinski definition) is 9. The van der Waals surface area contributed by atoms with Crippen LogP contribution >= 0.6 is 11.8 Å². The Hall–Kier alpha value is -3.60. The Labute approximate surface area is 187 Å². The Bertz CT molecular complexity index is 1110. The van der Waals surface area contributed by atoms with Crippen molar-refractivity contribution in [1.29, 1.82) is 0 Å². The number of furan rings is 1. The van der Waals surface area contributed by atoms with Crippen LogP contribution in [-0.4, -0.2) is 46.7 Å². The summed E-state index contributed by atoms with van der Waals surface area (Å²) in [5.74, 6) is -0.558. The molecule has 2 heterocycles. The fourth-order valence-corrected chi connectivity index (χ4v) is 3.63. The number of hydrogen-bond donors (Lipinski definition) is 0. The van der Waals surface area contributed by atoms with Crippen LogP contribution in [0.15, 0.2) is 39.7 Å². The van der Waals surface area contributed by atoms with E-state index in [1.165, 1.54) is 37.5 Å². The van der Waals surface area contributed by atoms with Gasteiger partial charge in [-0.3, -0.25) is 29.4 Å². The van der Waals surface area contributed by atoms with Crippen molar-refractivity contribution in [2.45, 2.75) is 26.4 Å². The lowest BCUT2D eigenvalue weighted by Crippen LogP contribution is -2.35. The zero-order valence-electron chi connectivity index (χ0n) is 17.5. The number of nitro benzene ring substituents is 1. The first kappa shape index (κ1) is 23.1. The van der Waals surface area contributed by atoms with Crippen molar-refractivity contribution >= 4 is 40.6 Å². The Morgan fingerprint density at radius 2 is 2.06 bits per heavy atom. The number of nitrogens with zero attached hydrogens (tertiary/aromatic N) is 2. The first-order valence-corrected chi connectivity index (χ1v) is 10.4. The number of esters is 1. The largest absolute Gasteiger partial charge is 0.497 e. The molecule has 1 aliphatic rings. The van der Waals surface area contributed by atoms with Crippen LogP contribution in [0.1, 0.15) is 26.0 Å². The maximum Gasteiger partial charge on any atom is 0.326 e. The number of amides is 2. The van der Waals surface area contributed by atoms with Gasteiger partial charge >= 0.3 is 5.97 Å². The number of nitro groups is 1. The van der Waals surface area contributed by atoms with Gasteiger partial charge in [0.15, 0.2) is 0 Å². The third-order valence-electron chi connectivity index (χ3n) is 4.64. The summed E-state index contributed by atoms with van der Waals surface area (Å²) in [6.45, 7) is 3.08. The van der Waals surface area contributed by atoms with Crippen LogP contribution in [0, 0.1) is 10.1 Å². The molecule has 32 heavy (non-hydrogen) atoms. The van der Waals surface area contributed by atoms with Gasteiger partial charge in [-0.25, -0.2) is 0 Å². The number of rotatable bonds is 8. The van der Waals surface area contributed by atoms with Gasteiger partial charge in [-0.05, 0) is 49.4 Å². The molecular formula is C21H20N2O8S. The SMILES string of the molecule is CC[C@@H](C)OC(=O)CN1C(=O)S/C(=C/c2ccc(-c3ccc(OC)cc3[N+](=O)[O-])o2)C1=O. The van der Waals surface area contributed by atoms with Gasteiger partial charge in [0.1, 0.15) is 23.8 Å². The van der Waals surface area contributed by atoms with Crippen LogP contribution in [0.4, 0.5) is 10.5 Å². The monoisotopic (exact) mass is 460 g/mol. The molecule has 1 aromatic carbocycles. The fourth-order valence-electron chi connectivity index (χ4n) is 2.81. The lowest BCUT2D eigenvalue weighted by atomic mass is 10.1. The van der Waals surface area contributed by atoms with E-state index in [9.17, 15) is 24.5 Å². The average Bonchev–Trinajstić information content (AvgIpc) is 3.33. The normalized spacial score (nSPS) is 15.8. The van der Waals surface area contributed by atoms with Crippen molar-refractivity contribution < 1.29 is 33.2 Å². The Kier molecular flexibility index (Phi) is 6.98. The molecule has 0 saturated carbocycles. The van der Waals surface area contributed by atoms with Crippen molar-refractivity contribution in [3.05, 3.63) is 51.1 Å². The third kappa shape index (κ3) is 4.99. The van der Waals surface area contributed by atoms with E-state index in [0.29, 0.717) is 23.9 Å². The molecule has 2 aromatic rings. The summed E-state index contributed by atoms with van der Waals surface area (Å²) >= 11 is 0.667. The van der Waals surface area contributed by atoms with Gasteiger partial charge in [-0.1, -0.05) is 6.92 Å². The van der Waals surface area contributed by atoms with E-state index in [-0.39, 0.29) is 33.8 Å². The van der Waals surface area contributed by atoms with E-state index in [1.54, 1.807) is 13.0 Å². The predicted octanol–water partition coefficient (Wildman–Crippen LogP) is 4.24. The van der Waals surface area contributed by atoms with Crippen LogP contribution in [-0.2, 0) is 14.3 Å². The molecule has 3 rings (SSSR count). The van der Waals surface area contributed by atoms with Crippen molar-refractivity contribution in [2.24, 2.45) is 0 Å². The Morgan fingerprint density at radius 3 is 2.72 bits per heavy atom. The predicted molar refractivity (Wildman–Crippen MR) is 116 cm³/mol. The number of methoxy groups -OCH3 is 1. The van der Waals surface area contributed by atoms with E-state index in [0.717, 1.165) is 4.90 Å². The van der Waals surface area contributed by atoms with Gasteiger partial charge in [-0.2, -0.15) is 0 Å². The molecule has 0 radical (unpaired) electrons. The molecule has 168 valence electrons. The minimum atomic E-state index is -0.671. The van der Waals surface area contributed by atoms with Crippen LogP contribution in [0.5, 0.6) is 5.75 Å². The molecule has 0 spiro atoms. The van der Waals surface area contributed by atoms with Crippen LogP contribution in [0.25, 0.3) is 17.4 Å². The van der Waals surface area contributed by atoms with Gasteiger partial charge in [0, 0.05) is 6.08 Å². The highest BCUT2D eigenvalue weighted by Gasteiger charge is 2.37. The summed E-state index contributed by atoms with van der Waals surface area (Å²) in [5, 5.41) is 10.8. The fraction of sp³-hybridized carbons (Fsp3) is 0.286. The molecule has 1 atom stereocenters. The maximum absolute atomic E-state index is 12.6. The summed E-state index contributed by atoms with van der Waals surface area (Å²) in [7, 11) is 1.40. The van der Waals surface area contributed by atoms with E-state index < -0.39 is 28.6 Å². The number of thioether (sulfide) groups is 1. The van der Waals surface area contributed by atoms with Crippen molar-refractivity contribution in [2.75, 3.05) is 13.7 Å². The third-order valence-corrected chi connectivity index (χ3v) is 5.54. The Morgan fingerprint density at radius 1 is 1.31 bits per heavy atom. The molecule has 2 amide bonds. The zero-order valence-corrected chi connectivity index (χ0v) is 18.3. The average molecular weight is 460 g/mol. The second-order valence-electron chi connectivity index (χ2n) is 6.82. The highest BCUT2D eigenvalue weighted by atomic mass is 32.2. The van der Waals surface area contributed by atoms with Gasteiger partial charge in [0.05, 0.1) is 34.7 Å². The highest BCUT2D eigenvalue weighted by Crippen LogP contribution is 2.36. The summed E-state index contributed by atoms with van der Waals surface area (Å²) in [6, 6.07) is 7.38. The number of benzene rings is 1. The van der Waals surface area contributed by atoms with Gasteiger partial charge in [0.25, 0.3) is 16.8 Å². The summed E-state index contributed by atoms with van der Waals surface area (Å²) in [5.41, 5.74) is 0.0294. The highest BCUT2D eigenvalue weighted by molar-refractivity contribution is 8.18. The molecular weight excluding hydrogens is 440 g/mol. The van der Waals surface area contributed by atoms with Gasteiger partial charge in [-0.15, -0.1) is 0 Å². The summed E-state index contributed by atoms with van der Waals surface area (Å²) in [6.07, 6.45) is 1.64. The summed E-state index contributed by atoms with van der Waals surface area (Å²) < 4.78 is 15.8. The lowest BCUT2D eigenvalue weighted by molar-refractivity contribution is -0.384. The molecule has 0 aliphatic carbocycles. The topological polar surface area (TPSA) is 129 Å². The van der Waals surface area contributed by atoms with Crippen LogP contribution in [0.2, 0.25) is 0 Å². The van der Waals surface area contributed by atoms with E-state index in [4.69, 9.17) is 13.9 Å². The number of ether oxygens (including phenoxy) is 2. The second-order valence-corrected chi connectivity index (χ2v) is 7.81. The van der Waals surface area contributed by atoms with Crippen LogP contribution < -0.4 is 4.74 Å². The smallest absolute Gasteiger partial charge is 0.326 e. The number of carbonyl (C=O) groups excluding carboxylic acids is 3. The van der Waals surface area contributed by atoms with Gasteiger partial charge in [0.2, 0.25) is 0 Å². The number of carbonyl (C=O) groups is 3. The lowest BCUT2D eigenvalue weighted by Gasteiger charge is -2.14. The molecule has 1 aromatic heterocycles. The molecule has 11 heteroatoms. The minimum absolute atomic E-state index is 0.0662. The van der Waals surface area contributed by atoms with E-state index in [2.05, 4.69) is 0 Å². The number of imide groups is 1. The van der Waals surface area contributed by atoms with Crippen molar-refractivity contribution in [3.63, 3.8) is 0 Å². The second kappa shape index (κ2) is 9.69. The molecule has 0 N–H and O–H groups in total. The quantitative estimate of drug-likeness (QED) is 0.246. The van der Waals surface area contributed by atoms with E-state index >= 15 is 0 Å². The van der Waals surface area contributed by atoms with Crippen LogP contribution in [0.3, 0.4) is 0 Å². The molecule has 1 aliphatic heterocycles. The van der Waals surface area contributed by atoms with Crippen molar-refractivity contribution in [3.8, 4) is 17.1 Å². The zero-order chi connectivity index (χ0) is 23.4. The first-order valence-electron chi connectivity index (χ1n) is 9.61. The minimum Gasteiger partial charge on any atom is -0.497 e. The molecule has 1 fully saturated rings. The van der Waals surface area contributed by atoms with Crippen molar-refractivity contribution in [1.82, 2.24) is 4.90 Å². The van der Waals surface area contributed by atoms with Gasteiger partial charge < -0.3 is 13.9 Å². The maximum atomic E-state index is 12.6. The standard InChI is InChI=1S/C21H20N2O8S/c1-4-12(2)30-19(24)11-22-20(25)18(32-21(22)26)10-14-6-8-17(31-14)15-7-5-13(29-3)9-16(15)23(27)28/h5-10,12H,4,11H2,1-3H3/b18-10+/t12-/m1/s1. The molecule has 1 saturated heterocycles.